The largest absolute Gasteiger partial charge is 0.289 e. The molecule has 3 heteroatoms. The van der Waals surface area contributed by atoms with Crippen LogP contribution in [0.5, 0.6) is 0 Å². The fourth-order valence-electron chi connectivity index (χ4n) is 3.98. The number of fused-ring (bicyclic) bond motifs is 2. The van der Waals surface area contributed by atoms with Gasteiger partial charge in [-0.2, -0.15) is 5.26 Å². The van der Waals surface area contributed by atoms with Crippen molar-refractivity contribution >= 4 is 5.57 Å². The molecule has 24 heavy (non-hydrogen) atoms. The lowest BCUT2D eigenvalue weighted by atomic mass is 9.93. The van der Waals surface area contributed by atoms with Crippen LogP contribution in [0.3, 0.4) is 0 Å². The average molecular weight is 318 g/mol. The number of hydrogen-bond donors (Lipinski definition) is 0. The summed E-state index contributed by atoms with van der Waals surface area (Å²) in [6, 6.07) is 18.4. The van der Waals surface area contributed by atoms with E-state index in [0.29, 0.717) is 12.1 Å². The predicted octanol–water partition coefficient (Wildman–Crippen LogP) is 4.52. The van der Waals surface area contributed by atoms with Crippen molar-refractivity contribution in [2.75, 3.05) is 0 Å². The molecule has 2 unspecified atom stereocenters. The summed E-state index contributed by atoms with van der Waals surface area (Å²) in [5.74, 6) is -0.421. The van der Waals surface area contributed by atoms with Gasteiger partial charge in [-0.1, -0.05) is 42.5 Å². The van der Waals surface area contributed by atoms with Crippen LogP contribution < -0.4 is 0 Å². The van der Waals surface area contributed by atoms with Crippen LogP contribution >= 0.6 is 0 Å². The van der Waals surface area contributed by atoms with E-state index < -0.39 is 5.82 Å². The molecule has 0 amide bonds. The van der Waals surface area contributed by atoms with E-state index in [-0.39, 0.29) is 5.56 Å². The third kappa shape index (κ3) is 2.74. The number of halogens is 1. The maximum Gasteiger partial charge on any atom is 0.141 e. The van der Waals surface area contributed by atoms with E-state index in [0.717, 1.165) is 18.5 Å². The lowest BCUT2D eigenvalue weighted by Crippen LogP contribution is -2.37. The second-order valence-electron chi connectivity index (χ2n) is 6.66. The highest BCUT2D eigenvalue weighted by Crippen LogP contribution is 2.39. The molecule has 0 aliphatic carbocycles. The van der Waals surface area contributed by atoms with Crippen LogP contribution in [0.15, 0.2) is 54.6 Å². The Hall–Kier alpha value is -2.44. The molecule has 0 saturated carbocycles. The van der Waals surface area contributed by atoms with Crippen LogP contribution in [0, 0.1) is 17.1 Å². The van der Waals surface area contributed by atoms with Gasteiger partial charge in [0.15, 0.2) is 0 Å². The van der Waals surface area contributed by atoms with Crippen LogP contribution in [-0.4, -0.2) is 17.0 Å². The molecule has 2 heterocycles. The summed E-state index contributed by atoms with van der Waals surface area (Å²) >= 11 is 0. The van der Waals surface area contributed by atoms with Crippen LogP contribution in [0.1, 0.15) is 36.0 Å². The van der Waals surface area contributed by atoms with E-state index >= 15 is 0 Å². The SMILES string of the molecule is N#Cc1ccc(C2=CC3CCC(C2)N3Cc2ccccc2)cc1F. The highest BCUT2D eigenvalue weighted by molar-refractivity contribution is 5.68. The maximum absolute atomic E-state index is 13.9. The van der Waals surface area contributed by atoms with Gasteiger partial charge in [0, 0.05) is 18.6 Å². The number of nitrogens with zero attached hydrogens (tertiary/aromatic N) is 2. The van der Waals surface area contributed by atoms with Gasteiger partial charge in [-0.25, -0.2) is 4.39 Å². The highest BCUT2D eigenvalue weighted by Gasteiger charge is 2.36. The normalized spacial score (nSPS) is 22.9. The molecule has 4 rings (SSSR count). The number of benzene rings is 2. The van der Waals surface area contributed by atoms with Gasteiger partial charge in [0.2, 0.25) is 0 Å². The topological polar surface area (TPSA) is 27.0 Å². The summed E-state index contributed by atoms with van der Waals surface area (Å²) in [5, 5.41) is 8.88. The van der Waals surface area contributed by atoms with E-state index in [1.165, 1.54) is 30.0 Å². The van der Waals surface area contributed by atoms with Gasteiger partial charge in [-0.05, 0) is 48.1 Å². The monoisotopic (exact) mass is 318 g/mol. The van der Waals surface area contributed by atoms with Gasteiger partial charge in [-0.15, -0.1) is 0 Å². The molecule has 2 bridgehead atoms. The summed E-state index contributed by atoms with van der Waals surface area (Å²) < 4.78 is 13.9. The molecular formula is C21H19FN2. The number of nitriles is 1. The number of rotatable bonds is 3. The second-order valence-corrected chi connectivity index (χ2v) is 6.66. The first kappa shape index (κ1) is 15.1. The van der Waals surface area contributed by atoms with Crippen molar-refractivity contribution < 1.29 is 4.39 Å². The van der Waals surface area contributed by atoms with Crippen molar-refractivity contribution in [2.24, 2.45) is 0 Å². The zero-order chi connectivity index (χ0) is 16.5. The van der Waals surface area contributed by atoms with Gasteiger partial charge in [0.05, 0.1) is 5.56 Å². The van der Waals surface area contributed by atoms with Gasteiger partial charge < -0.3 is 0 Å². The number of hydrogen-bond acceptors (Lipinski definition) is 2. The second kappa shape index (κ2) is 6.22. The van der Waals surface area contributed by atoms with E-state index in [9.17, 15) is 4.39 Å². The highest BCUT2D eigenvalue weighted by atomic mass is 19.1. The molecule has 120 valence electrons. The first-order chi connectivity index (χ1) is 11.7. The van der Waals surface area contributed by atoms with E-state index in [4.69, 9.17) is 5.26 Å². The molecule has 2 aromatic carbocycles. The van der Waals surface area contributed by atoms with Crippen molar-refractivity contribution in [3.05, 3.63) is 77.1 Å². The Morgan fingerprint density at radius 2 is 1.96 bits per heavy atom. The van der Waals surface area contributed by atoms with Gasteiger partial charge in [0.1, 0.15) is 11.9 Å². The Kier molecular flexibility index (Phi) is 3.92. The Morgan fingerprint density at radius 3 is 2.67 bits per heavy atom. The zero-order valence-electron chi connectivity index (χ0n) is 13.5. The molecule has 0 aromatic heterocycles. The van der Waals surface area contributed by atoms with Gasteiger partial charge in [-0.3, -0.25) is 4.90 Å². The molecule has 0 spiro atoms. The van der Waals surface area contributed by atoms with E-state index in [1.807, 2.05) is 18.2 Å². The van der Waals surface area contributed by atoms with Crippen molar-refractivity contribution in [3.8, 4) is 6.07 Å². The summed E-state index contributed by atoms with van der Waals surface area (Å²) in [6.07, 6.45) is 5.61. The molecule has 2 aromatic rings. The van der Waals surface area contributed by atoms with Crippen LogP contribution in [0.4, 0.5) is 4.39 Å². The standard InChI is InChI=1S/C21H19FN2/c22-21-12-16(6-7-17(21)13-23)18-10-19-8-9-20(11-18)24(19)14-15-4-2-1-3-5-15/h1-7,10,12,19-20H,8-9,11,14H2. The van der Waals surface area contributed by atoms with Crippen LogP contribution in [0.2, 0.25) is 0 Å². The van der Waals surface area contributed by atoms with Crippen LogP contribution in [0.25, 0.3) is 5.57 Å². The van der Waals surface area contributed by atoms with Gasteiger partial charge in [0.25, 0.3) is 0 Å². The Balaban J connectivity index is 1.58. The van der Waals surface area contributed by atoms with Crippen LogP contribution in [-0.2, 0) is 6.54 Å². The third-order valence-electron chi connectivity index (χ3n) is 5.21. The minimum Gasteiger partial charge on any atom is -0.289 e. The van der Waals surface area contributed by atoms with Crippen molar-refractivity contribution in [1.82, 2.24) is 4.90 Å². The Bertz CT molecular complexity index is 819. The average Bonchev–Trinajstić information content (AvgIpc) is 2.83. The molecule has 2 aliphatic rings. The first-order valence-corrected chi connectivity index (χ1v) is 8.45. The third-order valence-corrected chi connectivity index (χ3v) is 5.21. The smallest absolute Gasteiger partial charge is 0.141 e. The zero-order valence-corrected chi connectivity index (χ0v) is 13.5. The first-order valence-electron chi connectivity index (χ1n) is 8.45. The Labute approximate surface area is 141 Å². The minimum absolute atomic E-state index is 0.115. The summed E-state index contributed by atoms with van der Waals surface area (Å²) in [7, 11) is 0. The summed E-state index contributed by atoms with van der Waals surface area (Å²) in [5.41, 5.74) is 3.59. The van der Waals surface area contributed by atoms with Crippen molar-refractivity contribution in [3.63, 3.8) is 0 Å². The molecule has 0 radical (unpaired) electrons. The lowest BCUT2D eigenvalue weighted by Gasteiger charge is -2.34. The molecule has 1 fully saturated rings. The maximum atomic E-state index is 13.9. The molecule has 2 aliphatic heterocycles. The Morgan fingerprint density at radius 1 is 1.12 bits per heavy atom. The summed E-state index contributed by atoms with van der Waals surface area (Å²) in [4.78, 5) is 2.57. The molecule has 0 N–H and O–H groups in total. The predicted molar refractivity (Wildman–Crippen MR) is 92.5 cm³/mol. The van der Waals surface area contributed by atoms with Crippen molar-refractivity contribution in [2.45, 2.75) is 37.9 Å². The fraction of sp³-hybridized carbons (Fsp3) is 0.286. The molecule has 1 saturated heterocycles. The lowest BCUT2D eigenvalue weighted by molar-refractivity contribution is 0.203. The summed E-state index contributed by atoms with van der Waals surface area (Å²) in [6.45, 7) is 0.974. The van der Waals surface area contributed by atoms with Crippen molar-refractivity contribution in [1.29, 1.82) is 5.26 Å². The van der Waals surface area contributed by atoms with E-state index in [1.54, 1.807) is 6.07 Å². The minimum atomic E-state index is -0.421. The quantitative estimate of drug-likeness (QED) is 0.832. The molecular weight excluding hydrogens is 299 g/mol. The van der Waals surface area contributed by atoms with Gasteiger partial charge >= 0.3 is 0 Å². The molecule has 2 atom stereocenters. The fourth-order valence-corrected chi connectivity index (χ4v) is 3.98. The van der Waals surface area contributed by atoms with E-state index in [2.05, 4.69) is 35.2 Å². The molecule has 2 nitrogen and oxygen atoms in total.